The van der Waals surface area contributed by atoms with Crippen molar-refractivity contribution in [2.75, 3.05) is 0 Å². The summed E-state index contributed by atoms with van der Waals surface area (Å²) in [6.45, 7) is 2.06. The quantitative estimate of drug-likeness (QED) is 0.604. The van der Waals surface area contributed by atoms with Gasteiger partial charge >= 0.3 is 0 Å². The van der Waals surface area contributed by atoms with E-state index >= 15 is 0 Å². The molecular formula is C9H10N2S. The fourth-order valence-corrected chi connectivity index (χ4v) is 3.15. The van der Waals surface area contributed by atoms with Crippen molar-refractivity contribution in [3.8, 4) is 0 Å². The van der Waals surface area contributed by atoms with Gasteiger partial charge in [-0.15, -0.1) is 11.3 Å². The molecule has 0 radical (unpaired) electrons. The zero-order valence-corrected chi connectivity index (χ0v) is 7.82. The van der Waals surface area contributed by atoms with Crippen LogP contribution in [0.5, 0.6) is 0 Å². The summed E-state index contributed by atoms with van der Waals surface area (Å²) in [5, 5.41) is 0. The number of fused-ring (bicyclic) bond motifs is 3. The number of aryl methyl sites for hydroxylation is 3. The van der Waals surface area contributed by atoms with Crippen LogP contribution < -0.4 is 0 Å². The Morgan fingerprint density at radius 3 is 3.33 bits per heavy atom. The van der Waals surface area contributed by atoms with Crippen molar-refractivity contribution >= 4 is 16.3 Å². The topological polar surface area (TPSA) is 17.3 Å². The van der Waals surface area contributed by atoms with Crippen LogP contribution in [0.15, 0.2) is 6.20 Å². The van der Waals surface area contributed by atoms with E-state index in [4.69, 9.17) is 0 Å². The van der Waals surface area contributed by atoms with Crippen molar-refractivity contribution in [3.63, 3.8) is 0 Å². The Hall–Kier alpha value is -0.830. The summed E-state index contributed by atoms with van der Waals surface area (Å²) in [4.78, 5) is 7.19. The number of rotatable bonds is 0. The van der Waals surface area contributed by atoms with Gasteiger partial charge in [-0.25, -0.2) is 4.98 Å². The fraction of sp³-hybridized carbons (Fsp3) is 0.444. The number of aromatic nitrogens is 2. The third-order valence-electron chi connectivity index (χ3n) is 2.44. The van der Waals surface area contributed by atoms with E-state index in [9.17, 15) is 0 Å². The van der Waals surface area contributed by atoms with E-state index in [1.807, 2.05) is 11.3 Å². The predicted molar refractivity (Wildman–Crippen MR) is 49.8 cm³/mol. The second-order valence-corrected chi connectivity index (χ2v) is 4.42. The molecule has 0 aliphatic heterocycles. The maximum absolute atomic E-state index is 4.46. The summed E-state index contributed by atoms with van der Waals surface area (Å²) in [7, 11) is 0. The predicted octanol–water partition coefficient (Wildman–Crippen LogP) is 2.19. The molecular weight excluding hydrogens is 168 g/mol. The smallest absolute Gasteiger partial charge is 0.194 e. The van der Waals surface area contributed by atoms with E-state index in [2.05, 4.69) is 22.5 Å². The Bertz CT molecular complexity index is 438. The highest BCUT2D eigenvalue weighted by atomic mass is 32.1. The van der Waals surface area contributed by atoms with Crippen LogP contribution in [-0.4, -0.2) is 9.38 Å². The Labute approximate surface area is 74.9 Å². The van der Waals surface area contributed by atoms with Crippen LogP contribution in [0.4, 0.5) is 0 Å². The second-order valence-electron chi connectivity index (χ2n) is 3.36. The van der Waals surface area contributed by atoms with Gasteiger partial charge in [-0.1, -0.05) is 0 Å². The molecule has 0 N–H and O–H groups in total. The van der Waals surface area contributed by atoms with Crippen LogP contribution in [0, 0.1) is 6.92 Å². The molecule has 0 fully saturated rings. The van der Waals surface area contributed by atoms with Crippen molar-refractivity contribution < 1.29 is 0 Å². The lowest BCUT2D eigenvalue weighted by Crippen LogP contribution is -1.84. The highest BCUT2D eigenvalue weighted by Gasteiger charge is 2.18. The van der Waals surface area contributed by atoms with Gasteiger partial charge in [0, 0.05) is 16.8 Å². The first kappa shape index (κ1) is 6.66. The van der Waals surface area contributed by atoms with E-state index in [-0.39, 0.29) is 0 Å². The minimum absolute atomic E-state index is 1.14. The summed E-state index contributed by atoms with van der Waals surface area (Å²) < 4.78 is 2.27. The van der Waals surface area contributed by atoms with Gasteiger partial charge in [-0.3, -0.25) is 4.40 Å². The highest BCUT2D eigenvalue weighted by Crippen LogP contribution is 2.30. The zero-order valence-electron chi connectivity index (χ0n) is 7.00. The van der Waals surface area contributed by atoms with Gasteiger partial charge < -0.3 is 0 Å². The minimum atomic E-state index is 1.14. The molecule has 0 saturated heterocycles. The van der Waals surface area contributed by atoms with Crippen molar-refractivity contribution in [3.05, 3.63) is 22.5 Å². The van der Waals surface area contributed by atoms with E-state index in [0.29, 0.717) is 0 Å². The highest BCUT2D eigenvalue weighted by molar-refractivity contribution is 7.17. The summed E-state index contributed by atoms with van der Waals surface area (Å²) in [5.41, 5.74) is 2.64. The SMILES string of the molecule is Cc1cn2c3c(sc2n1)CCC3. The van der Waals surface area contributed by atoms with E-state index in [0.717, 1.165) is 5.69 Å². The van der Waals surface area contributed by atoms with E-state index < -0.39 is 0 Å². The molecule has 0 amide bonds. The summed E-state index contributed by atoms with van der Waals surface area (Å²) in [6.07, 6.45) is 5.98. The van der Waals surface area contributed by atoms with Gasteiger partial charge in [0.2, 0.25) is 0 Å². The number of thiazole rings is 1. The van der Waals surface area contributed by atoms with Crippen LogP contribution >= 0.6 is 11.3 Å². The molecule has 0 atom stereocenters. The summed E-state index contributed by atoms with van der Waals surface area (Å²) >= 11 is 1.86. The van der Waals surface area contributed by atoms with Gasteiger partial charge in [0.1, 0.15) is 0 Å². The van der Waals surface area contributed by atoms with Crippen LogP contribution in [0.25, 0.3) is 4.96 Å². The molecule has 0 unspecified atom stereocenters. The lowest BCUT2D eigenvalue weighted by atomic mass is 10.4. The minimum Gasteiger partial charge on any atom is -0.294 e. The van der Waals surface area contributed by atoms with Crippen molar-refractivity contribution in [2.24, 2.45) is 0 Å². The summed E-state index contributed by atoms with van der Waals surface area (Å²) in [5.74, 6) is 0. The molecule has 2 heterocycles. The maximum atomic E-state index is 4.46. The van der Waals surface area contributed by atoms with E-state index in [1.54, 1.807) is 4.88 Å². The molecule has 1 aliphatic rings. The fourth-order valence-electron chi connectivity index (χ4n) is 1.92. The zero-order chi connectivity index (χ0) is 8.13. The number of imidazole rings is 1. The summed E-state index contributed by atoms with van der Waals surface area (Å²) in [6, 6.07) is 0. The van der Waals surface area contributed by atoms with Crippen LogP contribution in [0.3, 0.4) is 0 Å². The molecule has 2 aromatic rings. The number of hydrogen-bond donors (Lipinski definition) is 0. The Balaban J connectivity index is 2.40. The average molecular weight is 178 g/mol. The monoisotopic (exact) mass is 178 g/mol. The average Bonchev–Trinajstić information content (AvgIpc) is 2.59. The van der Waals surface area contributed by atoms with Gasteiger partial charge in [0.15, 0.2) is 4.96 Å². The van der Waals surface area contributed by atoms with Gasteiger partial charge in [-0.05, 0) is 26.2 Å². The Morgan fingerprint density at radius 1 is 1.50 bits per heavy atom. The molecule has 0 bridgehead atoms. The third kappa shape index (κ3) is 0.719. The number of nitrogens with zero attached hydrogens (tertiary/aromatic N) is 2. The van der Waals surface area contributed by atoms with Gasteiger partial charge in [0.25, 0.3) is 0 Å². The number of hydrogen-bond acceptors (Lipinski definition) is 2. The second kappa shape index (κ2) is 2.10. The lowest BCUT2D eigenvalue weighted by molar-refractivity contribution is 0.888. The van der Waals surface area contributed by atoms with Gasteiger partial charge in [-0.2, -0.15) is 0 Å². The van der Waals surface area contributed by atoms with Gasteiger partial charge in [0.05, 0.1) is 5.69 Å². The van der Waals surface area contributed by atoms with Crippen LogP contribution in [0.2, 0.25) is 0 Å². The van der Waals surface area contributed by atoms with Crippen LogP contribution in [0.1, 0.15) is 22.7 Å². The standard InChI is InChI=1S/C9H10N2S/c1-6-5-11-7-3-2-4-8(7)12-9(11)10-6/h5H,2-4H2,1H3. The molecule has 3 rings (SSSR count). The third-order valence-corrected chi connectivity index (χ3v) is 3.60. The molecule has 3 heteroatoms. The lowest BCUT2D eigenvalue weighted by Gasteiger charge is -1.89. The molecule has 2 aromatic heterocycles. The first-order valence-corrected chi connectivity index (χ1v) is 5.12. The molecule has 1 aliphatic carbocycles. The first-order chi connectivity index (χ1) is 5.84. The Kier molecular flexibility index (Phi) is 1.17. The molecule has 0 aromatic carbocycles. The normalized spacial score (nSPS) is 15.8. The molecule has 0 saturated carbocycles. The van der Waals surface area contributed by atoms with Crippen molar-refractivity contribution in [1.82, 2.24) is 9.38 Å². The van der Waals surface area contributed by atoms with E-state index in [1.165, 1.54) is 29.9 Å². The molecule has 0 spiro atoms. The van der Waals surface area contributed by atoms with Crippen molar-refractivity contribution in [2.45, 2.75) is 26.2 Å². The molecule has 62 valence electrons. The first-order valence-electron chi connectivity index (χ1n) is 4.31. The molecule has 2 nitrogen and oxygen atoms in total. The Morgan fingerprint density at radius 2 is 2.42 bits per heavy atom. The maximum Gasteiger partial charge on any atom is 0.194 e. The van der Waals surface area contributed by atoms with Crippen LogP contribution in [-0.2, 0) is 12.8 Å². The van der Waals surface area contributed by atoms with Crippen molar-refractivity contribution in [1.29, 1.82) is 0 Å². The largest absolute Gasteiger partial charge is 0.294 e. The molecule has 12 heavy (non-hydrogen) atoms.